The summed E-state index contributed by atoms with van der Waals surface area (Å²) in [6.45, 7) is 5.96. The predicted molar refractivity (Wildman–Crippen MR) is 74.6 cm³/mol. The van der Waals surface area contributed by atoms with Crippen LogP contribution in [0.5, 0.6) is 0 Å². The van der Waals surface area contributed by atoms with E-state index >= 15 is 0 Å². The van der Waals surface area contributed by atoms with Gasteiger partial charge in [-0.05, 0) is 68.1 Å². The van der Waals surface area contributed by atoms with Crippen molar-refractivity contribution in [2.45, 2.75) is 45.1 Å². The number of nitrogens with zero attached hydrogens (tertiary/aromatic N) is 1. The summed E-state index contributed by atoms with van der Waals surface area (Å²) in [6, 6.07) is 8.88. The maximum absolute atomic E-state index is 10.4. The molecular formula is C17H21NO. The Morgan fingerprint density at radius 1 is 1.37 bits per heavy atom. The molecule has 1 aromatic carbocycles. The topological polar surface area (TPSA) is 44.0 Å². The van der Waals surface area contributed by atoms with E-state index in [0.717, 1.165) is 12.8 Å². The molecule has 0 spiro atoms. The van der Waals surface area contributed by atoms with Gasteiger partial charge >= 0.3 is 0 Å². The molecule has 1 aromatic rings. The molecule has 0 saturated heterocycles. The molecule has 1 fully saturated rings. The first-order valence-electron chi connectivity index (χ1n) is 7.14. The summed E-state index contributed by atoms with van der Waals surface area (Å²) in [7, 11) is 0. The molecule has 0 aromatic heterocycles. The van der Waals surface area contributed by atoms with Crippen LogP contribution in [0.2, 0.25) is 0 Å². The number of nitriles is 1. The van der Waals surface area contributed by atoms with E-state index in [1.807, 2.05) is 13.8 Å². The number of fused-ring (bicyclic) bond motifs is 3. The number of hydrogen-bond acceptors (Lipinski definition) is 2. The fraction of sp³-hybridized carbons (Fsp3) is 0.588. The summed E-state index contributed by atoms with van der Waals surface area (Å²) >= 11 is 0. The van der Waals surface area contributed by atoms with Gasteiger partial charge in [0.1, 0.15) is 0 Å². The van der Waals surface area contributed by atoms with Crippen LogP contribution in [0.1, 0.15) is 42.9 Å². The lowest BCUT2D eigenvalue weighted by molar-refractivity contribution is -0.0741. The third-order valence-electron chi connectivity index (χ3n) is 5.20. The summed E-state index contributed by atoms with van der Waals surface area (Å²) < 4.78 is 0. The lowest BCUT2D eigenvalue weighted by Gasteiger charge is -2.55. The van der Waals surface area contributed by atoms with Crippen LogP contribution in [0, 0.1) is 36.0 Å². The lowest BCUT2D eigenvalue weighted by Crippen LogP contribution is -2.51. The molecule has 2 nitrogen and oxygen atoms in total. The fourth-order valence-electron chi connectivity index (χ4n) is 4.17. The molecule has 0 bridgehead atoms. The first-order chi connectivity index (χ1) is 8.93. The normalized spacial score (nSPS) is 32.8. The van der Waals surface area contributed by atoms with Crippen molar-refractivity contribution in [2.24, 2.45) is 17.8 Å². The van der Waals surface area contributed by atoms with Crippen LogP contribution in [0.4, 0.5) is 0 Å². The Morgan fingerprint density at radius 2 is 2.11 bits per heavy atom. The molecule has 3 rings (SSSR count). The molecule has 2 aliphatic rings. The number of aryl methyl sites for hydroxylation is 1. The first kappa shape index (κ1) is 12.7. The van der Waals surface area contributed by atoms with Crippen LogP contribution in [0.25, 0.3) is 0 Å². The molecule has 1 N–H and O–H groups in total. The van der Waals surface area contributed by atoms with E-state index in [1.165, 1.54) is 16.7 Å². The van der Waals surface area contributed by atoms with E-state index < -0.39 is 5.60 Å². The van der Waals surface area contributed by atoms with Gasteiger partial charge in [0.25, 0.3) is 0 Å². The van der Waals surface area contributed by atoms with Crippen molar-refractivity contribution in [1.82, 2.24) is 0 Å². The van der Waals surface area contributed by atoms with E-state index in [9.17, 15) is 10.4 Å². The second-order valence-corrected chi connectivity index (χ2v) is 6.77. The molecule has 4 atom stereocenters. The van der Waals surface area contributed by atoms with Crippen molar-refractivity contribution in [3.05, 3.63) is 34.9 Å². The lowest BCUT2D eigenvalue weighted by atomic mass is 9.49. The monoisotopic (exact) mass is 255 g/mol. The van der Waals surface area contributed by atoms with Crippen molar-refractivity contribution in [3.63, 3.8) is 0 Å². The second-order valence-electron chi connectivity index (χ2n) is 6.77. The van der Waals surface area contributed by atoms with E-state index in [-0.39, 0.29) is 11.8 Å². The summed E-state index contributed by atoms with van der Waals surface area (Å²) in [5.74, 6) is 1.22. The van der Waals surface area contributed by atoms with Crippen LogP contribution in [-0.4, -0.2) is 10.7 Å². The van der Waals surface area contributed by atoms with Gasteiger partial charge < -0.3 is 5.11 Å². The smallest absolute Gasteiger partial charge is 0.0662 e. The fourth-order valence-corrected chi connectivity index (χ4v) is 4.17. The molecule has 100 valence electrons. The van der Waals surface area contributed by atoms with Gasteiger partial charge in [0.05, 0.1) is 17.6 Å². The number of rotatable bonds is 1. The van der Waals surface area contributed by atoms with Crippen molar-refractivity contribution < 1.29 is 5.11 Å². The molecular weight excluding hydrogens is 234 g/mol. The summed E-state index contributed by atoms with van der Waals surface area (Å²) in [5, 5.41) is 19.8. The summed E-state index contributed by atoms with van der Waals surface area (Å²) in [6.07, 6.45) is 1.87. The predicted octanol–water partition coefficient (Wildman–Crippen LogP) is 3.18. The molecule has 0 heterocycles. The molecule has 2 aliphatic carbocycles. The standard InChI is InChI=1S/C17H21NO/c1-10-5-4-6-11-7-12(9-18)13-8-14(17(2,3)19)16(13)15(10)11/h4-6,12-14,16,19H,7-8H2,1-3H3/t12-,13-,14+,16+/m1/s1. The van der Waals surface area contributed by atoms with E-state index in [0.29, 0.717) is 11.8 Å². The van der Waals surface area contributed by atoms with Crippen LogP contribution >= 0.6 is 0 Å². The third-order valence-corrected chi connectivity index (χ3v) is 5.20. The van der Waals surface area contributed by atoms with Gasteiger partial charge in [-0.1, -0.05) is 18.2 Å². The molecule has 2 heteroatoms. The number of hydrogen-bond donors (Lipinski definition) is 1. The van der Waals surface area contributed by atoms with Gasteiger partial charge in [0.2, 0.25) is 0 Å². The Hall–Kier alpha value is -1.33. The van der Waals surface area contributed by atoms with E-state index in [2.05, 4.69) is 31.2 Å². The SMILES string of the molecule is Cc1cccc2c1[C@H]1[C@H](C[C@@H]1C(C)(C)O)[C@@H](C#N)C2. The van der Waals surface area contributed by atoms with Crippen molar-refractivity contribution in [1.29, 1.82) is 5.26 Å². The minimum Gasteiger partial charge on any atom is -0.390 e. The average Bonchev–Trinajstić information content (AvgIpc) is 2.28. The van der Waals surface area contributed by atoms with Crippen molar-refractivity contribution in [2.75, 3.05) is 0 Å². The van der Waals surface area contributed by atoms with Crippen LogP contribution in [0.3, 0.4) is 0 Å². The minimum atomic E-state index is -0.655. The van der Waals surface area contributed by atoms with Gasteiger partial charge in [-0.25, -0.2) is 0 Å². The van der Waals surface area contributed by atoms with E-state index in [4.69, 9.17) is 0 Å². The molecule has 0 unspecified atom stereocenters. The largest absolute Gasteiger partial charge is 0.390 e. The second kappa shape index (κ2) is 4.08. The van der Waals surface area contributed by atoms with Crippen molar-refractivity contribution >= 4 is 0 Å². The van der Waals surface area contributed by atoms with E-state index in [1.54, 1.807) is 0 Å². The quantitative estimate of drug-likeness (QED) is 0.837. The zero-order valence-corrected chi connectivity index (χ0v) is 11.9. The minimum absolute atomic E-state index is 0.123. The van der Waals surface area contributed by atoms with Gasteiger partial charge in [0.15, 0.2) is 0 Å². The Kier molecular flexibility index (Phi) is 2.73. The highest BCUT2D eigenvalue weighted by Gasteiger charge is 2.54. The highest BCUT2D eigenvalue weighted by atomic mass is 16.3. The highest BCUT2D eigenvalue weighted by molar-refractivity contribution is 5.44. The average molecular weight is 255 g/mol. The van der Waals surface area contributed by atoms with Gasteiger partial charge in [0, 0.05) is 0 Å². The van der Waals surface area contributed by atoms with Gasteiger partial charge in [-0.15, -0.1) is 0 Å². The third kappa shape index (κ3) is 1.80. The van der Waals surface area contributed by atoms with Gasteiger partial charge in [-0.3, -0.25) is 0 Å². The highest BCUT2D eigenvalue weighted by Crippen LogP contribution is 2.59. The summed E-state index contributed by atoms with van der Waals surface area (Å²) in [4.78, 5) is 0. The molecule has 19 heavy (non-hydrogen) atoms. The van der Waals surface area contributed by atoms with Crippen LogP contribution in [0.15, 0.2) is 18.2 Å². The molecule has 0 amide bonds. The Morgan fingerprint density at radius 3 is 2.74 bits per heavy atom. The molecule has 1 saturated carbocycles. The Labute approximate surface area is 115 Å². The molecule has 0 radical (unpaired) electrons. The summed E-state index contributed by atoms with van der Waals surface area (Å²) in [5.41, 5.74) is 3.40. The van der Waals surface area contributed by atoms with Crippen molar-refractivity contribution in [3.8, 4) is 6.07 Å². The Bertz CT molecular complexity index is 549. The molecule has 0 aliphatic heterocycles. The zero-order valence-electron chi connectivity index (χ0n) is 11.9. The zero-order chi connectivity index (χ0) is 13.8. The number of benzene rings is 1. The maximum Gasteiger partial charge on any atom is 0.0662 e. The maximum atomic E-state index is 10.4. The van der Waals surface area contributed by atoms with Gasteiger partial charge in [-0.2, -0.15) is 5.26 Å². The van der Waals surface area contributed by atoms with Crippen LogP contribution < -0.4 is 0 Å². The number of aliphatic hydroxyl groups is 1. The first-order valence-corrected chi connectivity index (χ1v) is 7.14. The Balaban J connectivity index is 2.08. The van der Waals surface area contributed by atoms with Crippen LogP contribution in [-0.2, 0) is 6.42 Å².